The summed E-state index contributed by atoms with van der Waals surface area (Å²) >= 11 is 5.97. The molecule has 1 unspecified atom stereocenters. The summed E-state index contributed by atoms with van der Waals surface area (Å²) in [5.74, 6) is 0.294. The predicted molar refractivity (Wildman–Crippen MR) is 86.2 cm³/mol. The Morgan fingerprint density at radius 3 is 2.52 bits per heavy atom. The number of nitro groups is 1. The van der Waals surface area contributed by atoms with E-state index in [1.165, 1.54) is 0 Å². The zero-order chi connectivity index (χ0) is 15.4. The first-order chi connectivity index (χ1) is 10.1. The summed E-state index contributed by atoms with van der Waals surface area (Å²) in [6, 6.07) is 5.58. The molecule has 116 valence electrons. The van der Waals surface area contributed by atoms with Crippen molar-refractivity contribution in [3.8, 4) is 0 Å². The molecule has 0 amide bonds. The van der Waals surface area contributed by atoms with Crippen LogP contribution in [-0.4, -0.2) is 42.0 Å². The van der Waals surface area contributed by atoms with Gasteiger partial charge in [0, 0.05) is 55.9 Å². The normalized spacial score (nSPS) is 17.8. The largest absolute Gasteiger partial charge is 0.369 e. The summed E-state index contributed by atoms with van der Waals surface area (Å²) in [6.45, 7) is 8.38. The molecule has 1 aromatic carbocycles. The van der Waals surface area contributed by atoms with Crippen LogP contribution >= 0.6 is 11.6 Å². The fraction of sp³-hybridized carbons (Fsp3) is 0.600. The van der Waals surface area contributed by atoms with Crippen LogP contribution in [0.5, 0.6) is 0 Å². The highest BCUT2D eigenvalue weighted by Gasteiger charge is 2.22. The molecule has 6 heteroatoms. The summed E-state index contributed by atoms with van der Waals surface area (Å²) in [5, 5.41) is 10.8. The minimum absolute atomic E-state index is 0.104. The van der Waals surface area contributed by atoms with Gasteiger partial charge in [0.2, 0.25) is 0 Å². The maximum Gasteiger partial charge on any atom is 0.269 e. The molecular formula is C15H22ClN3O2. The smallest absolute Gasteiger partial charge is 0.269 e. The second kappa shape index (κ2) is 7.09. The number of nitro benzene ring substituents is 1. The molecule has 1 aliphatic rings. The standard InChI is InChI=1S/C15H22ClN3O2/c1-3-12(2)17-6-8-18(9-7-17)15-5-4-14(19(20)21)10-13(15)11-16/h4-5,10,12H,3,6-9,11H2,1-2H3. The summed E-state index contributed by atoms with van der Waals surface area (Å²) < 4.78 is 0. The maximum absolute atomic E-state index is 10.8. The van der Waals surface area contributed by atoms with Gasteiger partial charge in [0.15, 0.2) is 0 Å². The summed E-state index contributed by atoms with van der Waals surface area (Å²) in [6.07, 6.45) is 1.16. The quantitative estimate of drug-likeness (QED) is 0.476. The number of hydrogen-bond acceptors (Lipinski definition) is 4. The minimum Gasteiger partial charge on any atom is -0.369 e. The Labute approximate surface area is 130 Å². The van der Waals surface area contributed by atoms with Crippen molar-refractivity contribution in [1.29, 1.82) is 0 Å². The highest BCUT2D eigenvalue weighted by atomic mass is 35.5. The van der Waals surface area contributed by atoms with Crippen molar-refractivity contribution in [2.75, 3.05) is 31.1 Å². The number of rotatable bonds is 5. The number of non-ortho nitro benzene ring substituents is 1. The molecule has 0 aromatic heterocycles. The van der Waals surface area contributed by atoms with E-state index in [-0.39, 0.29) is 10.6 Å². The van der Waals surface area contributed by atoms with Crippen LogP contribution in [0.2, 0.25) is 0 Å². The van der Waals surface area contributed by atoms with Crippen LogP contribution < -0.4 is 4.90 Å². The molecule has 0 spiro atoms. The molecule has 0 aliphatic carbocycles. The Hall–Kier alpha value is -1.33. The van der Waals surface area contributed by atoms with Crippen LogP contribution in [0, 0.1) is 10.1 Å². The van der Waals surface area contributed by atoms with Crippen molar-refractivity contribution in [3.05, 3.63) is 33.9 Å². The van der Waals surface area contributed by atoms with Crippen LogP contribution in [0.15, 0.2) is 18.2 Å². The van der Waals surface area contributed by atoms with Crippen molar-refractivity contribution in [2.45, 2.75) is 32.2 Å². The number of piperazine rings is 1. The number of anilines is 1. The van der Waals surface area contributed by atoms with E-state index >= 15 is 0 Å². The molecule has 1 heterocycles. The Morgan fingerprint density at radius 2 is 2.00 bits per heavy atom. The lowest BCUT2D eigenvalue weighted by atomic mass is 10.1. The SMILES string of the molecule is CCC(C)N1CCN(c2ccc([N+](=O)[O-])cc2CCl)CC1. The highest BCUT2D eigenvalue weighted by molar-refractivity contribution is 6.17. The second-order valence-corrected chi connectivity index (χ2v) is 5.75. The first kappa shape index (κ1) is 16.0. The number of hydrogen-bond donors (Lipinski definition) is 0. The van der Waals surface area contributed by atoms with Crippen LogP contribution in [0.4, 0.5) is 11.4 Å². The topological polar surface area (TPSA) is 49.6 Å². The van der Waals surface area contributed by atoms with Gasteiger partial charge in [0.1, 0.15) is 0 Å². The number of benzene rings is 1. The molecule has 1 aliphatic heterocycles. The molecule has 21 heavy (non-hydrogen) atoms. The Morgan fingerprint density at radius 1 is 1.33 bits per heavy atom. The van der Waals surface area contributed by atoms with E-state index in [9.17, 15) is 10.1 Å². The summed E-state index contributed by atoms with van der Waals surface area (Å²) in [4.78, 5) is 15.2. The number of nitrogens with zero attached hydrogens (tertiary/aromatic N) is 3. The van der Waals surface area contributed by atoms with E-state index in [0.717, 1.165) is 43.9 Å². The van der Waals surface area contributed by atoms with Gasteiger partial charge in [-0.15, -0.1) is 11.6 Å². The van der Waals surface area contributed by atoms with Crippen LogP contribution in [0.1, 0.15) is 25.8 Å². The fourth-order valence-corrected chi connectivity index (χ4v) is 2.98. The van der Waals surface area contributed by atoms with Gasteiger partial charge in [-0.25, -0.2) is 0 Å². The third kappa shape index (κ3) is 3.66. The average molecular weight is 312 g/mol. The van der Waals surface area contributed by atoms with Crippen LogP contribution in [0.3, 0.4) is 0 Å². The Balaban J connectivity index is 2.11. The first-order valence-electron chi connectivity index (χ1n) is 7.39. The number of alkyl halides is 1. The summed E-state index contributed by atoms with van der Waals surface area (Å²) in [5.41, 5.74) is 1.97. The molecule has 0 saturated carbocycles. The van der Waals surface area contributed by atoms with Crippen LogP contribution in [-0.2, 0) is 5.88 Å². The van der Waals surface area contributed by atoms with Crippen LogP contribution in [0.25, 0.3) is 0 Å². The molecule has 1 aromatic rings. The average Bonchev–Trinajstić information content (AvgIpc) is 2.53. The van der Waals surface area contributed by atoms with Gasteiger partial charge in [-0.3, -0.25) is 15.0 Å². The van der Waals surface area contributed by atoms with Crippen molar-refractivity contribution in [2.24, 2.45) is 0 Å². The zero-order valence-corrected chi connectivity index (χ0v) is 13.3. The molecule has 0 radical (unpaired) electrons. The van der Waals surface area contributed by atoms with E-state index in [1.807, 2.05) is 6.07 Å². The third-order valence-corrected chi connectivity index (χ3v) is 4.57. The van der Waals surface area contributed by atoms with Crippen molar-refractivity contribution >= 4 is 23.0 Å². The van der Waals surface area contributed by atoms with E-state index in [0.29, 0.717) is 11.9 Å². The molecule has 2 rings (SSSR count). The Kier molecular flexibility index (Phi) is 5.42. The lowest BCUT2D eigenvalue weighted by Gasteiger charge is -2.39. The van der Waals surface area contributed by atoms with Gasteiger partial charge >= 0.3 is 0 Å². The molecule has 0 bridgehead atoms. The molecule has 1 saturated heterocycles. The van der Waals surface area contributed by atoms with E-state index in [2.05, 4.69) is 23.6 Å². The molecule has 0 N–H and O–H groups in total. The number of halogens is 1. The van der Waals surface area contributed by atoms with E-state index in [4.69, 9.17) is 11.6 Å². The Bertz CT molecular complexity index is 502. The molecular weight excluding hydrogens is 290 g/mol. The maximum atomic E-state index is 10.8. The summed E-state index contributed by atoms with van der Waals surface area (Å²) in [7, 11) is 0. The first-order valence-corrected chi connectivity index (χ1v) is 7.92. The van der Waals surface area contributed by atoms with Gasteiger partial charge in [-0.2, -0.15) is 0 Å². The lowest BCUT2D eigenvalue weighted by Crippen LogP contribution is -2.49. The van der Waals surface area contributed by atoms with Gasteiger partial charge in [0.25, 0.3) is 5.69 Å². The third-order valence-electron chi connectivity index (χ3n) is 4.29. The van der Waals surface area contributed by atoms with Crippen molar-refractivity contribution in [3.63, 3.8) is 0 Å². The predicted octanol–water partition coefficient (Wildman–Crippen LogP) is 3.25. The second-order valence-electron chi connectivity index (χ2n) is 5.48. The molecule has 1 atom stereocenters. The zero-order valence-electron chi connectivity index (χ0n) is 12.6. The molecule has 5 nitrogen and oxygen atoms in total. The molecule has 1 fully saturated rings. The highest BCUT2D eigenvalue weighted by Crippen LogP contribution is 2.28. The van der Waals surface area contributed by atoms with E-state index in [1.54, 1.807) is 12.1 Å². The van der Waals surface area contributed by atoms with Crippen molar-refractivity contribution in [1.82, 2.24) is 4.90 Å². The van der Waals surface area contributed by atoms with Gasteiger partial charge in [0.05, 0.1) is 4.92 Å². The van der Waals surface area contributed by atoms with E-state index < -0.39 is 0 Å². The minimum atomic E-state index is -0.374. The lowest BCUT2D eigenvalue weighted by molar-refractivity contribution is -0.384. The van der Waals surface area contributed by atoms with Gasteiger partial charge in [-0.1, -0.05) is 6.92 Å². The van der Waals surface area contributed by atoms with Gasteiger partial charge < -0.3 is 4.90 Å². The monoisotopic (exact) mass is 311 g/mol. The van der Waals surface area contributed by atoms with Gasteiger partial charge in [-0.05, 0) is 25.0 Å². The van der Waals surface area contributed by atoms with Crippen molar-refractivity contribution < 1.29 is 4.92 Å². The fourth-order valence-electron chi connectivity index (χ4n) is 2.76.